The lowest BCUT2D eigenvalue weighted by Crippen LogP contribution is -2.44. The predicted molar refractivity (Wildman–Crippen MR) is 79.3 cm³/mol. The second kappa shape index (κ2) is 6.35. The van der Waals surface area contributed by atoms with E-state index in [9.17, 15) is 8.42 Å². The molecule has 0 amide bonds. The van der Waals surface area contributed by atoms with Crippen LogP contribution in [0.1, 0.15) is 25.7 Å². The van der Waals surface area contributed by atoms with E-state index in [0.717, 1.165) is 17.3 Å². The first-order valence-electron chi connectivity index (χ1n) is 6.51. The average molecular weight is 347 g/mol. The summed E-state index contributed by atoms with van der Waals surface area (Å²) in [7, 11) is -3.48. The molecule has 106 valence electrons. The van der Waals surface area contributed by atoms with Crippen LogP contribution in [0, 0.1) is 5.92 Å². The fourth-order valence-electron chi connectivity index (χ4n) is 2.58. The van der Waals surface area contributed by atoms with Crippen LogP contribution >= 0.6 is 15.9 Å². The van der Waals surface area contributed by atoms with Crippen molar-refractivity contribution in [2.45, 2.75) is 36.6 Å². The molecule has 0 spiro atoms. The Morgan fingerprint density at radius 3 is 2.37 bits per heavy atom. The van der Waals surface area contributed by atoms with E-state index in [1.165, 1.54) is 12.8 Å². The van der Waals surface area contributed by atoms with Gasteiger partial charge in [0.25, 0.3) is 0 Å². The first-order valence-corrected chi connectivity index (χ1v) is 8.78. The molecular weight excluding hydrogens is 328 g/mol. The Kier molecular flexibility index (Phi) is 5.00. The molecule has 0 radical (unpaired) electrons. The molecule has 1 aromatic carbocycles. The number of benzene rings is 1. The van der Waals surface area contributed by atoms with E-state index in [-0.39, 0.29) is 10.9 Å². The minimum Gasteiger partial charge on any atom is -0.329 e. The number of hydrogen-bond donors (Lipinski definition) is 2. The first-order chi connectivity index (χ1) is 9.03. The SMILES string of the molecule is NCC(NS(=O)(=O)c1ccc(Br)cc1)C1CCCC1. The van der Waals surface area contributed by atoms with Crippen molar-refractivity contribution in [2.75, 3.05) is 6.54 Å². The molecule has 1 atom stereocenters. The van der Waals surface area contributed by atoms with Crippen LogP contribution in [-0.2, 0) is 10.0 Å². The third kappa shape index (κ3) is 3.78. The van der Waals surface area contributed by atoms with E-state index in [0.29, 0.717) is 12.5 Å². The normalized spacial score (nSPS) is 18.6. The van der Waals surface area contributed by atoms with Gasteiger partial charge in [-0.15, -0.1) is 0 Å². The van der Waals surface area contributed by atoms with Gasteiger partial charge in [0.1, 0.15) is 0 Å². The minimum absolute atomic E-state index is 0.156. The van der Waals surface area contributed by atoms with Gasteiger partial charge in [-0.05, 0) is 43.0 Å². The number of hydrogen-bond acceptors (Lipinski definition) is 3. The number of nitrogens with one attached hydrogen (secondary N) is 1. The minimum atomic E-state index is -3.48. The third-order valence-electron chi connectivity index (χ3n) is 3.65. The zero-order valence-electron chi connectivity index (χ0n) is 10.7. The fourth-order valence-corrected chi connectivity index (χ4v) is 4.16. The zero-order valence-corrected chi connectivity index (χ0v) is 13.1. The molecule has 1 saturated carbocycles. The largest absolute Gasteiger partial charge is 0.329 e. The quantitative estimate of drug-likeness (QED) is 0.858. The highest BCUT2D eigenvalue weighted by Crippen LogP contribution is 2.28. The standard InChI is InChI=1S/C13H19BrN2O2S/c14-11-5-7-12(8-6-11)19(17,18)16-13(9-15)10-3-1-2-4-10/h5-8,10,13,16H,1-4,9,15H2. The van der Waals surface area contributed by atoms with Crippen molar-refractivity contribution < 1.29 is 8.42 Å². The lowest BCUT2D eigenvalue weighted by Gasteiger charge is -2.23. The summed E-state index contributed by atoms with van der Waals surface area (Å²) in [5.74, 6) is 0.371. The Balaban J connectivity index is 2.13. The van der Waals surface area contributed by atoms with E-state index >= 15 is 0 Å². The summed E-state index contributed by atoms with van der Waals surface area (Å²) in [5, 5.41) is 0. The summed E-state index contributed by atoms with van der Waals surface area (Å²) >= 11 is 3.30. The maximum Gasteiger partial charge on any atom is 0.240 e. The molecule has 0 aromatic heterocycles. The molecule has 1 fully saturated rings. The molecule has 4 nitrogen and oxygen atoms in total. The Morgan fingerprint density at radius 2 is 1.84 bits per heavy atom. The molecule has 0 aliphatic heterocycles. The maximum absolute atomic E-state index is 12.3. The predicted octanol–water partition coefficient (Wildman–Crippen LogP) is 2.24. The van der Waals surface area contributed by atoms with Gasteiger partial charge in [0.2, 0.25) is 10.0 Å². The smallest absolute Gasteiger partial charge is 0.240 e. The molecule has 0 bridgehead atoms. The Bertz CT molecular complexity index is 510. The molecule has 1 aromatic rings. The molecule has 0 heterocycles. The van der Waals surface area contributed by atoms with Gasteiger partial charge in [0.15, 0.2) is 0 Å². The number of halogens is 1. The van der Waals surface area contributed by atoms with Gasteiger partial charge in [0.05, 0.1) is 4.90 Å². The van der Waals surface area contributed by atoms with Gasteiger partial charge in [-0.25, -0.2) is 13.1 Å². The molecule has 6 heteroatoms. The summed E-state index contributed by atoms with van der Waals surface area (Å²) in [5.41, 5.74) is 5.73. The monoisotopic (exact) mass is 346 g/mol. The average Bonchev–Trinajstić information content (AvgIpc) is 2.90. The van der Waals surface area contributed by atoms with Gasteiger partial charge in [-0.3, -0.25) is 0 Å². The molecule has 1 aliphatic rings. The lowest BCUT2D eigenvalue weighted by atomic mass is 9.99. The van der Waals surface area contributed by atoms with Crippen LogP contribution in [-0.4, -0.2) is 21.0 Å². The highest BCUT2D eigenvalue weighted by molar-refractivity contribution is 9.10. The van der Waals surface area contributed by atoms with E-state index < -0.39 is 10.0 Å². The van der Waals surface area contributed by atoms with Crippen LogP contribution in [0.25, 0.3) is 0 Å². The topological polar surface area (TPSA) is 72.2 Å². The van der Waals surface area contributed by atoms with Gasteiger partial charge in [-0.2, -0.15) is 0 Å². The van der Waals surface area contributed by atoms with Crippen molar-refractivity contribution in [3.05, 3.63) is 28.7 Å². The molecule has 1 aliphatic carbocycles. The fraction of sp³-hybridized carbons (Fsp3) is 0.538. The van der Waals surface area contributed by atoms with E-state index in [1.807, 2.05) is 0 Å². The zero-order chi connectivity index (χ0) is 13.9. The van der Waals surface area contributed by atoms with E-state index in [4.69, 9.17) is 5.73 Å². The number of sulfonamides is 1. The van der Waals surface area contributed by atoms with E-state index in [2.05, 4.69) is 20.7 Å². The third-order valence-corrected chi connectivity index (χ3v) is 5.69. The van der Waals surface area contributed by atoms with Crippen LogP contribution in [0.3, 0.4) is 0 Å². The Hall–Kier alpha value is -0.430. The van der Waals surface area contributed by atoms with Crippen LogP contribution < -0.4 is 10.5 Å². The summed E-state index contributed by atoms with van der Waals surface area (Å²) in [6.45, 7) is 0.348. The molecule has 3 N–H and O–H groups in total. The van der Waals surface area contributed by atoms with Crippen molar-refractivity contribution in [1.82, 2.24) is 4.72 Å². The van der Waals surface area contributed by atoms with Crippen molar-refractivity contribution >= 4 is 26.0 Å². The molecule has 1 unspecified atom stereocenters. The van der Waals surface area contributed by atoms with Gasteiger partial charge < -0.3 is 5.73 Å². The van der Waals surface area contributed by atoms with Crippen LogP contribution in [0.15, 0.2) is 33.6 Å². The number of nitrogens with two attached hydrogens (primary N) is 1. The second-order valence-corrected chi connectivity index (χ2v) is 7.59. The first kappa shape index (κ1) is 15.0. The summed E-state index contributed by atoms with van der Waals surface area (Å²) in [6, 6.07) is 6.48. The summed E-state index contributed by atoms with van der Waals surface area (Å²) in [4.78, 5) is 0.284. The number of rotatable bonds is 5. The molecule has 0 saturated heterocycles. The van der Waals surface area contributed by atoms with Crippen LogP contribution in [0.4, 0.5) is 0 Å². The van der Waals surface area contributed by atoms with Crippen molar-refractivity contribution in [3.63, 3.8) is 0 Å². The van der Waals surface area contributed by atoms with Crippen molar-refractivity contribution in [2.24, 2.45) is 11.7 Å². The highest BCUT2D eigenvalue weighted by atomic mass is 79.9. The van der Waals surface area contributed by atoms with Crippen molar-refractivity contribution in [3.8, 4) is 0 Å². The van der Waals surface area contributed by atoms with Gasteiger partial charge in [-0.1, -0.05) is 28.8 Å². The molecular formula is C13H19BrN2O2S. The van der Waals surface area contributed by atoms with Crippen molar-refractivity contribution in [1.29, 1.82) is 0 Å². The van der Waals surface area contributed by atoms with Gasteiger partial charge >= 0.3 is 0 Å². The second-order valence-electron chi connectivity index (χ2n) is 4.96. The molecule has 2 rings (SSSR count). The van der Waals surface area contributed by atoms with Crippen LogP contribution in [0.5, 0.6) is 0 Å². The van der Waals surface area contributed by atoms with Gasteiger partial charge in [0, 0.05) is 17.1 Å². The lowest BCUT2D eigenvalue weighted by molar-refractivity contribution is 0.405. The summed E-state index contributed by atoms with van der Waals surface area (Å²) in [6.07, 6.45) is 4.46. The summed E-state index contributed by atoms with van der Waals surface area (Å²) < 4.78 is 28.2. The maximum atomic E-state index is 12.3. The Labute approximate surface area is 122 Å². The van der Waals surface area contributed by atoms with E-state index in [1.54, 1.807) is 24.3 Å². The Morgan fingerprint density at radius 1 is 1.26 bits per heavy atom. The highest BCUT2D eigenvalue weighted by Gasteiger charge is 2.28. The molecule has 19 heavy (non-hydrogen) atoms. The van der Waals surface area contributed by atoms with Crippen LogP contribution in [0.2, 0.25) is 0 Å².